The van der Waals surface area contributed by atoms with Crippen molar-refractivity contribution in [2.75, 3.05) is 20.2 Å². The van der Waals surface area contributed by atoms with Gasteiger partial charge in [0.2, 0.25) is 0 Å². The molecule has 26 heavy (non-hydrogen) atoms. The van der Waals surface area contributed by atoms with Gasteiger partial charge in [-0.1, -0.05) is 60.7 Å². The third-order valence-electron chi connectivity index (χ3n) is 5.23. The summed E-state index contributed by atoms with van der Waals surface area (Å²) in [5.74, 6) is -0.951. The number of nitrogens with zero attached hydrogens (tertiary/aromatic N) is 1. The minimum atomic E-state index is -0.937. The number of carboxylic acid groups (broad SMARTS) is 1. The van der Waals surface area contributed by atoms with E-state index in [2.05, 4.69) is 0 Å². The van der Waals surface area contributed by atoms with Crippen LogP contribution < -0.4 is 0 Å². The van der Waals surface area contributed by atoms with Crippen LogP contribution in [0.4, 0.5) is 0 Å². The first kappa shape index (κ1) is 18.1. The van der Waals surface area contributed by atoms with E-state index in [9.17, 15) is 14.7 Å². The molecule has 1 saturated heterocycles. The summed E-state index contributed by atoms with van der Waals surface area (Å²) < 4.78 is 5.43. The standard InChI is InChI=1S/C21H23NO4/c1-26-18(16-8-4-2-5-9-16)19(23)22-14-12-21(13-15-22,20(24)25)17-10-6-3-7-11-17/h2-11,18H,12-15H2,1H3,(H,24,25)/t18-/m0/s1. The topological polar surface area (TPSA) is 66.8 Å². The molecule has 0 aromatic heterocycles. The molecule has 0 bridgehead atoms. The Morgan fingerprint density at radius 3 is 2.04 bits per heavy atom. The predicted octanol–water partition coefficient (Wildman–Crippen LogP) is 3.02. The molecule has 3 rings (SSSR count). The van der Waals surface area contributed by atoms with Crippen LogP contribution in [0, 0.1) is 0 Å². The Kier molecular flexibility index (Phi) is 5.38. The average molecular weight is 353 g/mol. The van der Waals surface area contributed by atoms with Crippen LogP contribution >= 0.6 is 0 Å². The maximum absolute atomic E-state index is 12.9. The second kappa shape index (κ2) is 7.70. The van der Waals surface area contributed by atoms with Crippen molar-refractivity contribution in [2.45, 2.75) is 24.4 Å². The minimum Gasteiger partial charge on any atom is -0.481 e. The molecule has 0 unspecified atom stereocenters. The van der Waals surface area contributed by atoms with E-state index < -0.39 is 17.5 Å². The van der Waals surface area contributed by atoms with Crippen LogP contribution in [0.1, 0.15) is 30.1 Å². The summed E-state index contributed by atoms with van der Waals surface area (Å²) in [5, 5.41) is 9.87. The van der Waals surface area contributed by atoms with Gasteiger partial charge in [0.1, 0.15) is 0 Å². The van der Waals surface area contributed by atoms with Gasteiger partial charge >= 0.3 is 5.97 Å². The number of piperidine rings is 1. The number of carboxylic acids is 1. The van der Waals surface area contributed by atoms with E-state index in [0.29, 0.717) is 25.9 Å². The Balaban J connectivity index is 1.76. The van der Waals surface area contributed by atoms with Crippen LogP contribution in [0.2, 0.25) is 0 Å². The van der Waals surface area contributed by atoms with E-state index in [1.165, 1.54) is 7.11 Å². The molecule has 1 fully saturated rings. The van der Waals surface area contributed by atoms with Crippen molar-refractivity contribution in [2.24, 2.45) is 0 Å². The van der Waals surface area contributed by atoms with Gasteiger partial charge in [-0.05, 0) is 24.0 Å². The maximum Gasteiger partial charge on any atom is 0.314 e. The molecular formula is C21H23NO4. The summed E-state index contributed by atoms with van der Waals surface area (Å²) in [4.78, 5) is 26.7. The van der Waals surface area contributed by atoms with Crippen LogP contribution in [-0.2, 0) is 19.7 Å². The van der Waals surface area contributed by atoms with Crippen LogP contribution in [0.15, 0.2) is 60.7 Å². The first-order valence-corrected chi connectivity index (χ1v) is 8.74. The van der Waals surface area contributed by atoms with Crippen LogP contribution in [-0.4, -0.2) is 42.1 Å². The monoisotopic (exact) mass is 353 g/mol. The second-order valence-electron chi connectivity index (χ2n) is 6.60. The molecule has 1 N–H and O–H groups in total. The van der Waals surface area contributed by atoms with Gasteiger partial charge in [-0.25, -0.2) is 0 Å². The predicted molar refractivity (Wildman–Crippen MR) is 97.8 cm³/mol. The van der Waals surface area contributed by atoms with Gasteiger partial charge in [0.05, 0.1) is 5.41 Å². The number of benzene rings is 2. The van der Waals surface area contributed by atoms with Gasteiger partial charge in [0.25, 0.3) is 5.91 Å². The van der Waals surface area contributed by atoms with Gasteiger partial charge in [-0.3, -0.25) is 9.59 Å². The van der Waals surface area contributed by atoms with E-state index in [1.54, 1.807) is 4.90 Å². The van der Waals surface area contributed by atoms with E-state index in [0.717, 1.165) is 11.1 Å². The lowest BCUT2D eigenvalue weighted by atomic mass is 9.72. The van der Waals surface area contributed by atoms with Crippen LogP contribution in [0.3, 0.4) is 0 Å². The highest BCUT2D eigenvalue weighted by atomic mass is 16.5. The third kappa shape index (κ3) is 3.35. The number of carbonyl (C=O) groups excluding carboxylic acids is 1. The molecule has 1 heterocycles. The molecule has 0 aliphatic carbocycles. The Bertz CT molecular complexity index is 752. The maximum atomic E-state index is 12.9. The fraction of sp³-hybridized carbons (Fsp3) is 0.333. The number of hydrogen-bond acceptors (Lipinski definition) is 3. The van der Waals surface area contributed by atoms with Crippen molar-refractivity contribution >= 4 is 11.9 Å². The van der Waals surface area contributed by atoms with Crippen molar-refractivity contribution in [1.82, 2.24) is 4.90 Å². The number of likely N-dealkylation sites (tertiary alicyclic amines) is 1. The SMILES string of the molecule is CO[C@H](C(=O)N1CCC(C(=O)O)(c2ccccc2)CC1)c1ccccc1. The Labute approximate surface area is 153 Å². The number of ether oxygens (including phenoxy) is 1. The summed E-state index contributed by atoms with van der Waals surface area (Å²) in [5.41, 5.74) is 0.664. The van der Waals surface area contributed by atoms with E-state index >= 15 is 0 Å². The van der Waals surface area contributed by atoms with Crippen LogP contribution in [0.5, 0.6) is 0 Å². The number of carbonyl (C=O) groups is 2. The summed E-state index contributed by atoms with van der Waals surface area (Å²) in [6.45, 7) is 0.791. The molecule has 1 aliphatic rings. The highest BCUT2D eigenvalue weighted by Gasteiger charge is 2.44. The molecule has 1 aliphatic heterocycles. The minimum absolute atomic E-state index is 0.120. The van der Waals surface area contributed by atoms with Crippen molar-refractivity contribution in [1.29, 1.82) is 0 Å². The van der Waals surface area contributed by atoms with Gasteiger partial charge in [0.15, 0.2) is 6.10 Å². The fourth-order valence-corrected chi connectivity index (χ4v) is 3.67. The number of amides is 1. The fourth-order valence-electron chi connectivity index (χ4n) is 3.67. The van der Waals surface area contributed by atoms with Crippen LogP contribution in [0.25, 0.3) is 0 Å². The molecule has 1 atom stereocenters. The summed E-state index contributed by atoms with van der Waals surface area (Å²) in [6.07, 6.45) is 0.123. The molecule has 0 spiro atoms. The molecule has 0 radical (unpaired) electrons. The van der Waals surface area contributed by atoms with Gasteiger partial charge < -0.3 is 14.7 Å². The normalized spacial score (nSPS) is 17.5. The summed E-state index contributed by atoms with van der Waals surface area (Å²) in [7, 11) is 1.52. The van der Waals surface area contributed by atoms with E-state index in [1.807, 2.05) is 60.7 Å². The van der Waals surface area contributed by atoms with Gasteiger partial charge in [0, 0.05) is 20.2 Å². The lowest BCUT2D eigenvalue weighted by Crippen LogP contribution is -2.50. The zero-order valence-electron chi connectivity index (χ0n) is 14.8. The van der Waals surface area contributed by atoms with Crippen molar-refractivity contribution in [3.05, 3.63) is 71.8 Å². The third-order valence-corrected chi connectivity index (χ3v) is 5.23. The second-order valence-corrected chi connectivity index (χ2v) is 6.60. The quantitative estimate of drug-likeness (QED) is 0.897. The smallest absolute Gasteiger partial charge is 0.314 e. The first-order valence-electron chi connectivity index (χ1n) is 8.74. The molecule has 136 valence electrons. The first-order chi connectivity index (χ1) is 12.6. The lowest BCUT2D eigenvalue weighted by Gasteiger charge is -2.40. The number of methoxy groups -OCH3 is 1. The molecular weight excluding hydrogens is 330 g/mol. The number of aliphatic carboxylic acids is 1. The van der Waals surface area contributed by atoms with E-state index in [4.69, 9.17) is 4.74 Å². The Morgan fingerprint density at radius 1 is 1.00 bits per heavy atom. The Hall–Kier alpha value is -2.66. The molecule has 5 heteroatoms. The van der Waals surface area contributed by atoms with Gasteiger partial charge in [-0.15, -0.1) is 0 Å². The zero-order chi connectivity index (χ0) is 18.6. The van der Waals surface area contributed by atoms with Gasteiger partial charge in [-0.2, -0.15) is 0 Å². The van der Waals surface area contributed by atoms with Crippen molar-refractivity contribution in [3.63, 3.8) is 0 Å². The number of rotatable bonds is 5. The number of hydrogen-bond donors (Lipinski definition) is 1. The zero-order valence-corrected chi connectivity index (χ0v) is 14.8. The highest BCUT2D eigenvalue weighted by molar-refractivity contribution is 5.84. The molecule has 0 saturated carbocycles. The molecule has 1 amide bonds. The van der Waals surface area contributed by atoms with E-state index in [-0.39, 0.29) is 5.91 Å². The molecule has 2 aromatic rings. The Morgan fingerprint density at radius 2 is 1.54 bits per heavy atom. The average Bonchev–Trinajstić information content (AvgIpc) is 2.70. The lowest BCUT2D eigenvalue weighted by molar-refractivity contribution is -0.151. The molecule has 2 aromatic carbocycles. The molecule has 5 nitrogen and oxygen atoms in total. The largest absolute Gasteiger partial charge is 0.481 e. The van der Waals surface area contributed by atoms with Crippen molar-refractivity contribution in [3.8, 4) is 0 Å². The highest BCUT2D eigenvalue weighted by Crippen LogP contribution is 2.36. The summed E-state index contributed by atoms with van der Waals surface area (Å²) >= 11 is 0. The van der Waals surface area contributed by atoms with Crippen molar-refractivity contribution < 1.29 is 19.4 Å². The summed E-state index contributed by atoms with van der Waals surface area (Å²) in [6, 6.07) is 18.7.